The molecule has 0 aromatic carbocycles. The third-order valence-corrected chi connectivity index (χ3v) is 3.64. The Hall–Kier alpha value is -1.37. The molecule has 7 heteroatoms. The highest BCUT2D eigenvalue weighted by Gasteiger charge is 2.25. The molecule has 0 amide bonds. The van der Waals surface area contributed by atoms with Crippen LogP contribution in [-0.4, -0.2) is 35.2 Å². The zero-order valence-electron chi connectivity index (χ0n) is 7.15. The number of fused-ring (bicyclic) bond motifs is 1. The third-order valence-electron chi connectivity index (χ3n) is 2.08. The molecule has 2 heterocycles. The molecule has 0 aliphatic carbocycles. The predicted molar refractivity (Wildman–Crippen MR) is 46.7 cm³/mol. The van der Waals surface area contributed by atoms with Gasteiger partial charge in [-0.2, -0.15) is 0 Å². The maximum Gasteiger partial charge on any atom is 0.371 e. The SMILES string of the molecule is O=C(O)c1nc2c([nH]1)CS(=O)(=O)CC2. The molecule has 0 saturated carbocycles. The number of imidazole rings is 1. The van der Waals surface area contributed by atoms with Gasteiger partial charge in [0.15, 0.2) is 9.84 Å². The van der Waals surface area contributed by atoms with E-state index in [0.29, 0.717) is 17.8 Å². The number of H-pyrrole nitrogens is 1. The molecule has 1 aliphatic rings. The number of aromatic nitrogens is 2. The summed E-state index contributed by atoms with van der Waals surface area (Å²) < 4.78 is 22.4. The van der Waals surface area contributed by atoms with Gasteiger partial charge in [0.2, 0.25) is 5.82 Å². The van der Waals surface area contributed by atoms with Crippen LogP contribution in [0.25, 0.3) is 0 Å². The van der Waals surface area contributed by atoms with Gasteiger partial charge in [-0.25, -0.2) is 18.2 Å². The van der Waals surface area contributed by atoms with Crippen molar-refractivity contribution < 1.29 is 18.3 Å². The van der Waals surface area contributed by atoms with Gasteiger partial charge >= 0.3 is 5.97 Å². The number of carboxylic acid groups (broad SMARTS) is 1. The molecule has 2 rings (SSSR count). The van der Waals surface area contributed by atoms with E-state index in [1.54, 1.807) is 0 Å². The monoisotopic (exact) mass is 216 g/mol. The van der Waals surface area contributed by atoms with E-state index >= 15 is 0 Å². The van der Waals surface area contributed by atoms with Crippen molar-refractivity contribution in [3.8, 4) is 0 Å². The second kappa shape index (κ2) is 2.81. The fourth-order valence-corrected chi connectivity index (χ4v) is 2.74. The Kier molecular flexibility index (Phi) is 1.84. The molecule has 2 N–H and O–H groups in total. The molecule has 1 aromatic rings. The lowest BCUT2D eigenvalue weighted by Crippen LogP contribution is -2.18. The smallest absolute Gasteiger partial charge is 0.371 e. The minimum absolute atomic E-state index is 0.0455. The van der Waals surface area contributed by atoms with Crippen molar-refractivity contribution in [2.45, 2.75) is 12.2 Å². The van der Waals surface area contributed by atoms with Crippen molar-refractivity contribution in [2.24, 2.45) is 0 Å². The first-order valence-corrected chi connectivity index (χ1v) is 5.81. The van der Waals surface area contributed by atoms with Gasteiger partial charge in [0, 0.05) is 6.42 Å². The zero-order valence-corrected chi connectivity index (χ0v) is 7.97. The maximum absolute atomic E-state index is 11.2. The van der Waals surface area contributed by atoms with Gasteiger partial charge in [-0.15, -0.1) is 0 Å². The van der Waals surface area contributed by atoms with Crippen LogP contribution in [0.5, 0.6) is 0 Å². The Morgan fingerprint density at radius 3 is 2.86 bits per heavy atom. The van der Waals surface area contributed by atoms with Crippen molar-refractivity contribution >= 4 is 15.8 Å². The number of hydrogen-bond acceptors (Lipinski definition) is 4. The van der Waals surface area contributed by atoms with Gasteiger partial charge in [0.05, 0.1) is 22.9 Å². The molecule has 0 unspecified atom stereocenters. The van der Waals surface area contributed by atoms with Gasteiger partial charge in [0.25, 0.3) is 0 Å². The van der Waals surface area contributed by atoms with Crippen LogP contribution < -0.4 is 0 Å². The van der Waals surface area contributed by atoms with Crippen molar-refractivity contribution in [1.82, 2.24) is 9.97 Å². The van der Waals surface area contributed by atoms with Crippen molar-refractivity contribution in [3.63, 3.8) is 0 Å². The lowest BCUT2D eigenvalue weighted by molar-refractivity contribution is 0.0684. The second-order valence-electron chi connectivity index (χ2n) is 3.16. The summed E-state index contributed by atoms with van der Waals surface area (Å²) in [5.74, 6) is -1.45. The van der Waals surface area contributed by atoms with E-state index in [-0.39, 0.29) is 17.3 Å². The summed E-state index contributed by atoms with van der Waals surface area (Å²) in [7, 11) is -3.07. The summed E-state index contributed by atoms with van der Waals surface area (Å²) in [4.78, 5) is 16.8. The third kappa shape index (κ3) is 1.50. The van der Waals surface area contributed by atoms with Crippen LogP contribution >= 0.6 is 0 Å². The number of aromatic amines is 1. The first kappa shape index (κ1) is 9.20. The van der Waals surface area contributed by atoms with Gasteiger partial charge in [-0.05, 0) is 0 Å². The Morgan fingerprint density at radius 1 is 1.50 bits per heavy atom. The number of carbonyl (C=O) groups is 1. The van der Waals surface area contributed by atoms with E-state index in [0.717, 1.165) is 0 Å². The quantitative estimate of drug-likeness (QED) is 0.664. The van der Waals surface area contributed by atoms with Crippen LogP contribution in [0, 0.1) is 0 Å². The fourth-order valence-electron chi connectivity index (χ4n) is 1.42. The van der Waals surface area contributed by atoms with Crippen LogP contribution in [0.3, 0.4) is 0 Å². The predicted octanol–water partition coefficient (Wildman–Crippen LogP) is -0.421. The molecule has 1 aromatic heterocycles. The normalized spacial score (nSPS) is 18.9. The Labute approximate surface area is 79.9 Å². The highest BCUT2D eigenvalue weighted by molar-refractivity contribution is 7.90. The molecule has 0 radical (unpaired) electrons. The van der Waals surface area contributed by atoms with E-state index in [4.69, 9.17) is 5.11 Å². The second-order valence-corrected chi connectivity index (χ2v) is 5.34. The van der Waals surface area contributed by atoms with Gasteiger partial charge < -0.3 is 10.1 Å². The molecule has 0 bridgehead atoms. The van der Waals surface area contributed by atoms with Gasteiger partial charge in [-0.3, -0.25) is 0 Å². The van der Waals surface area contributed by atoms with E-state index < -0.39 is 15.8 Å². The number of aryl methyl sites for hydroxylation is 1. The maximum atomic E-state index is 11.2. The summed E-state index contributed by atoms with van der Waals surface area (Å²) in [6.45, 7) is 0. The number of sulfone groups is 1. The molecule has 76 valence electrons. The first-order valence-electron chi connectivity index (χ1n) is 3.99. The Morgan fingerprint density at radius 2 is 2.21 bits per heavy atom. The van der Waals surface area contributed by atoms with Gasteiger partial charge in [0.1, 0.15) is 0 Å². The number of nitrogens with zero attached hydrogens (tertiary/aromatic N) is 1. The molecule has 1 aliphatic heterocycles. The van der Waals surface area contributed by atoms with Crippen molar-refractivity contribution in [2.75, 3.05) is 5.75 Å². The number of rotatable bonds is 1. The Balaban J connectivity index is 2.44. The van der Waals surface area contributed by atoms with E-state index in [9.17, 15) is 13.2 Å². The highest BCUT2D eigenvalue weighted by Crippen LogP contribution is 2.18. The van der Waals surface area contributed by atoms with Crippen LogP contribution in [0.4, 0.5) is 0 Å². The fraction of sp³-hybridized carbons (Fsp3) is 0.429. The minimum atomic E-state index is -3.07. The number of aromatic carboxylic acids is 1. The Bertz CT molecular complexity index is 488. The van der Waals surface area contributed by atoms with Gasteiger partial charge in [-0.1, -0.05) is 0 Å². The molecule has 0 saturated heterocycles. The van der Waals surface area contributed by atoms with Crippen molar-refractivity contribution in [3.05, 3.63) is 17.2 Å². The molecular formula is C7H8N2O4S. The van der Waals surface area contributed by atoms with Crippen LogP contribution in [-0.2, 0) is 22.0 Å². The lowest BCUT2D eigenvalue weighted by Gasteiger charge is -2.09. The highest BCUT2D eigenvalue weighted by atomic mass is 32.2. The number of hydrogen-bond donors (Lipinski definition) is 2. The van der Waals surface area contributed by atoms with Crippen molar-refractivity contribution in [1.29, 1.82) is 0 Å². The average molecular weight is 216 g/mol. The molecule has 0 atom stereocenters. The zero-order chi connectivity index (χ0) is 10.3. The molecule has 6 nitrogen and oxygen atoms in total. The number of carboxylic acids is 1. The van der Waals surface area contributed by atoms with E-state index in [1.807, 2.05) is 0 Å². The topological polar surface area (TPSA) is 100 Å². The first-order chi connectivity index (χ1) is 6.48. The van der Waals surface area contributed by atoms with Crippen LogP contribution in [0.2, 0.25) is 0 Å². The summed E-state index contributed by atoms with van der Waals surface area (Å²) in [5.41, 5.74) is 0.964. The molecule has 0 fully saturated rings. The molecule has 0 spiro atoms. The summed E-state index contributed by atoms with van der Waals surface area (Å²) in [5, 5.41) is 8.62. The molecular weight excluding hydrogens is 208 g/mol. The van der Waals surface area contributed by atoms with E-state index in [1.165, 1.54) is 0 Å². The summed E-state index contributed by atoms with van der Waals surface area (Å²) in [6, 6.07) is 0. The summed E-state index contributed by atoms with van der Waals surface area (Å²) >= 11 is 0. The summed E-state index contributed by atoms with van der Waals surface area (Å²) in [6.07, 6.45) is 0.293. The van der Waals surface area contributed by atoms with E-state index in [2.05, 4.69) is 9.97 Å². The van der Waals surface area contributed by atoms with Crippen LogP contribution in [0.1, 0.15) is 22.0 Å². The van der Waals surface area contributed by atoms with Crippen LogP contribution in [0.15, 0.2) is 0 Å². The average Bonchev–Trinajstić information content (AvgIpc) is 2.45. The molecule has 14 heavy (non-hydrogen) atoms. The lowest BCUT2D eigenvalue weighted by atomic mass is 10.3. The largest absolute Gasteiger partial charge is 0.475 e. The number of nitrogens with one attached hydrogen (secondary N) is 1. The minimum Gasteiger partial charge on any atom is -0.475 e. The standard InChI is InChI=1S/C7H8N2O4S/c10-7(11)6-8-4-1-2-14(12,13)3-5(4)9-6/h1-3H2,(H,8,9)(H,10,11).